The number of amides is 3. The first-order valence-electron chi connectivity index (χ1n) is 23.2. The molecule has 7 heterocycles. The lowest BCUT2D eigenvalue weighted by molar-refractivity contribution is -0.135. The summed E-state index contributed by atoms with van der Waals surface area (Å²) in [6.45, 7) is 11.9. The number of carbonyl (C=O) groups is 3. The number of imide groups is 1. The molecule has 3 aliphatic heterocycles. The van der Waals surface area contributed by atoms with Crippen LogP contribution in [-0.2, 0) is 14.4 Å². The van der Waals surface area contributed by atoms with Crippen molar-refractivity contribution in [1.29, 1.82) is 5.26 Å². The third-order valence-electron chi connectivity index (χ3n) is 14.0. The molecule has 16 nitrogen and oxygen atoms in total. The Morgan fingerprint density at radius 1 is 0.894 bits per heavy atom. The van der Waals surface area contributed by atoms with Crippen LogP contribution in [0.3, 0.4) is 0 Å². The van der Waals surface area contributed by atoms with E-state index < -0.39 is 29.0 Å². The number of aromatic nitrogens is 6. The van der Waals surface area contributed by atoms with E-state index in [1.807, 2.05) is 56.2 Å². The summed E-state index contributed by atoms with van der Waals surface area (Å²) >= 11 is 0. The minimum absolute atomic E-state index is 0.0632. The molecule has 5 aromatic rings. The fraction of sp³-hybridized carbons (Fsp3) is 0.500. The van der Waals surface area contributed by atoms with E-state index in [0.717, 1.165) is 75.0 Å². The Morgan fingerprint density at radius 3 is 2.24 bits per heavy atom. The van der Waals surface area contributed by atoms with Crippen molar-refractivity contribution < 1.29 is 23.2 Å². The number of rotatable bonds is 10. The quantitative estimate of drug-likeness (QED) is 0.135. The predicted octanol–water partition coefficient (Wildman–Crippen LogP) is 6.24. The monoisotopic (exact) mass is 901 g/mol. The molecule has 1 atom stereocenters. The van der Waals surface area contributed by atoms with Crippen molar-refractivity contribution in [2.75, 3.05) is 54.4 Å². The van der Waals surface area contributed by atoms with E-state index in [0.29, 0.717) is 54.7 Å². The molecule has 3 saturated heterocycles. The highest BCUT2D eigenvalue weighted by Crippen LogP contribution is 2.38. The number of nitrogens with zero attached hydrogens (tertiary/aromatic N) is 10. The zero-order valence-electron chi connectivity index (χ0n) is 38.0. The predicted molar refractivity (Wildman–Crippen MR) is 245 cm³/mol. The molecule has 1 aromatic carbocycles. The summed E-state index contributed by atoms with van der Waals surface area (Å²) < 4.78 is 34.5. The smallest absolute Gasteiger partial charge is 0.249 e. The Labute approximate surface area is 382 Å². The van der Waals surface area contributed by atoms with Crippen molar-refractivity contribution in [3.8, 4) is 28.6 Å². The third kappa shape index (κ3) is 9.05. The molecule has 346 valence electrons. The molecule has 66 heavy (non-hydrogen) atoms. The second kappa shape index (κ2) is 18.1. The van der Waals surface area contributed by atoms with E-state index in [-0.39, 0.29) is 47.6 Å². The van der Waals surface area contributed by atoms with E-state index in [2.05, 4.69) is 43.8 Å². The summed E-state index contributed by atoms with van der Waals surface area (Å²) in [4.78, 5) is 53.3. The standard InChI is InChI=1S/C48H57F2N13O3/c1-5-48(46(66)58-47(2,3)4)14-16-60(17-15-48)40-12-6-30(25-52-40)42-43-31(24-51)26-54-63(43)29-39(56-42)32-27-53-62(28-32)35-9-7-34(8-10-35)59-18-20-61(21-19-59)44-36(49)22-33(23-37(44)50)55-38-11-13-41(64)57-45(38)65/h6,12,22-23,25-29,34-35,38,55H,5,7-11,13-21H2,1-4H3,(H,58,66)(H,57,64,65)/t34-,35-,38-/m1/s1. The average molecular weight is 902 g/mol. The molecule has 9 rings (SSSR count). The topological polar surface area (TPSA) is 182 Å². The Balaban J connectivity index is 0.821. The Bertz CT molecular complexity index is 2640. The molecular weight excluding hydrogens is 845 g/mol. The summed E-state index contributed by atoms with van der Waals surface area (Å²) in [5.74, 6) is -1.29. The van der Waals surface area contributed by atoms with Gasteiger partial charge in [0.2, 0.25) is 17.7 Å². The molecular formula is C48H57F2N13O3. The number of halogens is 2. The fourth-order valence-electron chi connectivity index (χ4n) is 10.2. The first-order chi connectivity index (χ1) is 31.7. The highest BCUT2D eigenvalue weighted by molar-refractivity contribution is 6.01. The molecule has 0 unspecified atom stereocenters. The van der Waals surface area contributed by atoms with Gasteiger partial charge in [-0.2, -0.15) is 15.5 Å². The summed E-state index contributed by atoms with van der Waals surface area (Å²) in [6.07, 6.45) is 15.5. The minimum atomic E-state index is -0.733. The van der Waals surface area contributed by atoms with E-state index >= 15 is 8.78 Å². The van der Waals surface area contributed by atoms with Gasteiger partial charge in [-0.25, -0.2) is 23.3 Å². The van der Waals surface area contributed by atoms with Gasteiger partial charge in [-0.05, 0) is 96.4 Å². The summed E-state index contributed by atoms with van der Waals surface area (Å²) in [5.41, 5.74) is 3.28. The second-order valence-electron chi connectivity index (χ2n) is 19.3. The van der Waals surface area contributed by atoms with Crippen LogP contribution in [0, 0.1) is 28.4 Å². The van der Waals surface area contributed by atoms with Crippen molar-refractivity contribution >= 4 is 40.4 Å². The summed E-state index contributed by atoms with van der Waals surface area (Å²) in [6, 6.07) is 8.48. The number of piperidine rings is 2. The molecule has 1 aliphatic carbocycles. The van der Waals surface area contributed by atoms with Gasteiger partial charge in [-0.15, -0.1) is 0 Å². The number of pyridine rings is 1. The maximum absolute atomic E-state index is 15.4. The molecule has 4 aromatic heterocycles. The first-order valence-corrected chi connectivity index (χ1v) is 23.2. The third-order valence-corrected chi connectivity index (χ3v) is 14.0. The lowest BCUT2D eigenvalue weighted by Gasteiger charge is -2.42. The van der Waals surface area contributed by atoms with Gasteiger partial charge in [0.15, 0.2) is 11.6 Å². The number of benzene rings is 1. The number of anilines is 3. The number of fused-ring (bicyclic) bond motifs is 1. The van der Waals surface area contributed by atoms with Crippen LogP contribution in [0.15, 0.2) is 55.2 Å². The summed E-state index contributed by atoms with van der Waals surface area (Å²) in [7, 11) is 0. The Kier molecular flexibility index (Phi) is 12.2. The van der Waals surface area contributed by atoms with Gasteiger partial charge in [0.1, 0.15) is 34.7 Å². The van der Waals surface area contributed by atoms with Crippen molar-refractivity contribution in [3.63, 3.8) is 0 Å². The molecule has 0 radical (unpaired) electrons. The highest BCUT2D eigenvalue weighted by Gasteiger charge is 2.41. The summed E-state index contributed by atoms with van der Waals surface area (Å²) in [5, 5.41) is 27.6. The number of nitrogens with one attached hydrogen (secondary N) is 3. The molecule has 18 heteroatoms. The maximum atomic E-state index is 15.4. The maximum Gasteiger partial charge on any atom is 0.249 e. The lowest BCUT2D eigenvalue weighted by atomic mass is 9.75. The SMILES string of the molecule is CCC1(C(=O)NC(C)(C)C)CCN(c2ccc(-c3nc(-c4cnn([C@H]5CC[C@H](N6CCN(c7c(F)cc(N[C@@H]8CCC(=O)NC8=O)cc7F)CC6)CC5)c4)cn4ncc(C#N)c34)cn2)CC1. The molecule has 4 fully saturated rings. The van der Waals surface area contributed by atoms with Gasteiger partial charge >= 0.3 is 0 Å². The number of hydrogen-bond acceptors (Lipinski definition) is 12. The van der Waals surface area contributed by atoms with Crippen LogP contribution in [-0.4, -0.2) is 109 Å². The van der Waals surface area contributed by atoms with Crippen molar-refractivity contribution in [2.24, 2.45) is 5.41 Å². The van der Waals surface area contributed by atoms with Crippen LogP contribution in [0.4, 0.5) is 26.0 Å². The largest absolute Gasteiger partial charge is 0.373 e. The molecule has 3 N–H and O–H groups in total. The first kappa shape index (κ1) is 44.7. The van der Waals surface area contributed by atoms with E-state index in [9.17, 15) is 19.6 Å². The normalized spacial score (nSPS) is 21.7. The van der Waals surface area contributed by atoms with Gasteiger partial charge in [0.25, 0.3) is 0 Å². The molecule has 3 amide bonds. The lowest BCUT2D eigenvalue weighted by Crippen LogP contribution is -2.53. The van der Waals surface area contributed by atoms with Crippen LogP contribution >= 0.6 is 0 Å². The van der Waals surface area contributed by atoms with Gasteiger partial charge in [-0.3, -0.25) is 29.3 Å². The number of carbonyl (C=O) groups excluding carboxylic acids is 3. The zero-order chi connectivity index (χ0) is 46.3. The Hall–Kier alpha value is -6.48. The van der Waals surface area contributed by atoms with Crippen molar-refractivity contribution in [1.82, 2.24) is 44.9 Å². The minimum Gasteiger partial charge on any atom is -0.373 e. The van der Waals surface area contributed by atoms with Gasteiger partial charge in [-0.1, -0.05) is 6.92 Å². The van der Waals surface area contributed by atoms with Crippen LogP contribution in [0.1, 0.15) is 97.1 Å². The van der Waals surface area contributed by atoms with Crippen LogP contribution in [0.2, 0.25) is 0 Å². The number of hydrogen-bond donors (Lipinski definition) is 3. The fourth-order valence-corrected chi connectivity index (χ4v) is 10.2. The van der Waals surface area contributed by atoms with Gasteiger partial charge in [0, 0.05) is 86.5 Å². The van der Waals surface area contributed by atoms with Gasteiger partial charge in [0.05, 0.1) is 41.4 Å². The molecule has 4 aliphatic rings. The van der Waals surface area contributed by atoms with E-state index in [1.165, 1.54) is 12.1 Å². The van der Waals surface area contributed by atoms with E-state index in [1.54, 1.807) is 21.8 Å². The van der Waals surface area contributed by atoms with Crippen molar-refractivity contribution in [2.45, 2.75) is 109 Å². The number of nitriles is 1. The number of piperazine rings is 1. The van der Waals surface area contributed by atoms with E-state index in [4.69, 9.17) is 15.1 Å². The van der Waals surface area contributed by atoms with Crippen molar-refractivity contribution in [3.05, 3.63) is 72.4 Å². The zero-order valence-corrected chi connectivity index (χ0v) is 38.0. The van der Waals surface area contributed by atoms with Crippen LogP contribution in [0.5, 0.6) is 0 Å². The second-order valence-corrected chi connectivity index (χ2v) is 19.3. The van der Waals surface area contributed by atoms with Crippen LogP contribution in [0.25, 0.3) is 28.0 Å². The highest BCUT2D eigenvalue weighted by atomic mass is 19.1. The molecule has 0 spiro atoms. The Morgan fingerprint density at radius 2 is 1.61 bits per heavy atom. The average Bonchev–Trinajstić information content (AvgIpc) is 3.98. The molecule has 1 saturated carbocycles. The molecule has 0 bridgehead atoms. The van der Waals surface area contributed by atoms with Crippen LogP contribution < -0.4 is 25.8 Å². The van der Waals surface area contributed by atoms with Gasteiger partial charge < -0.3 is 20.4 Å².